The number of piperidine rings is 1. The predicted molar refractivity (Wildman–Crippen MR) is 76.7 cm³/mol. The molecule has 1 N–H and O–H groups in total. The lowest BCUT2D eigenvalue weighted by molar-refractivity contribution is -0.151. The summed E-state index contributed by atoms with van der Waals surface area (Å²) in [5, 5.41) is 18.0. The van der Waals surface area contributed by atoms with Gasteiger partial charge in [0.25, 0.3) is 0 Å². The highest BCUT2D eigenvalue weighted by atomic mass is 32.1. The van der Waals surface area contributed by atoms with Crippen molar-refractivity contribution < 1.29 is 9.90 Å². The number of rotatable bonds is 4. The molecule has 3 heterocycles. The van der Waals surface area contributed by atoms with E-state index in [1.807, 2.05) is 0 Å². The van der Waals surface area contributed by atoms with Crippen LogP contribution in [0.15, 0.2) is 35.3 Å². The number of aliphatic carboxylic acids is 1. The van der Waals surface area contributed by atoms with E-state index in [1.165, 1.54) is 5.56 Å². The van der Waals surface area contributed by atoms with Crippen molar-refractivity contribution in [2.45, 2.75) is 24.9 Å². The second kappa shape index (κ2) is 5.38. The van der Waals surface area contributed by atoms with Gasteiger partial charge in [0.15, 0.2) is 5.54 Å². The highest BCUT2D eigenvalue weighted by Crippen LogP contribution is 2.30. The quantitative estimate of drug-likeness (QED) is 0.936. The number of carboxylic acid groups (broad SMARTS) is 1. The molecule has 1 saturated heterocycles. The molecule has 0 bridgehead atoms. The molecule has 0 spiro atoms. The van der Waals surface area contributed by atoms with Crippen molar-refractivity contribution in [3.05, 3.63) is 40.8 Å². The monoisotopic (exact) mass is 291 g/mol. The van der Waals surface area contributed by atoms with E-state index in [4.69, 9.17) is 0 Å². The molecule has 0 aliphatic carbocycles. The Bertz CT molecular complexity index is 557. The fourth-order valence-corrected chi connectivity index (χ4v) is 3.44. The van der Waals surface area contributed by atoms with Gasteiger partial charge in [-0.05, 0) is 41.3 Å². The third kappa shape index (κ3) is 2.36. The fraction of sp³-hybridized carbons (Fsp3) is 0.429. The van der Waals surface area contributed by atoms with E-state index in [0.717, 1.165) is 19.6 Å². The van der Waals surface area contributed by atoms with E-state index in [1.54, 1.807) is 34.5 Å². The van der Waals surface area contributed by atoms with Gasteiger partial charge >= 0.3 is 5.97 Å². The summed E-state index contributed by atoms with van der Waals surface area (Å²) in [6, 6.07) is 3.90. The highest BCUT2D eigenvalue weighted by molar-refractivity contribution is 7.07. The van der Waals surface area contributed by atoms with Crippen molar-refractivity contribution in [3.8, 4) is 0 Å². The Morgan fingerprint density at radius 2 is 2.25 bits per heavy atom. The van der Waals surface area contributed by atoms with E-state index in [0.29, 0.717) is 12.8 Å². The second-order valence-corrected chi connectivity index (χ2v) is 5.98. The standard InChI is InChI=1S/C14H17N3O2S/c18-13(19)14(17-6-1-5-15-17)3-7-16(8-4-14)10-12-2-9-20-11-12/h1-2,5-6,9,11H,3-4,7-8,10H2,(H,18,19). The van der Waals surface area contributed by atoms with Crippen LogP contribution in [0.3, 0.4) is 0 Å². The second-order valence-electron chi connectivity index (χ2n) is 5.20. The summed E-state index contributed by atoms with van der Waals surface area (Å²) in [4.78, 5) is 14.0. The first-order valence-corrected chi connectivity index (χ1v) is 7.62. The zero-order valence-corrected chi connectivity index (χ0v) is 11.9. The lowest BCUT2D eigenvalue weighted by atomic mass is 9.87. The maximum atomic E-state index is 11.7. The van der Waals surface area contributed by atoms with Gasteiger partial charge in [-0.15, -0.1) is 0 Å². The van der Waals surface area contributed by atoms with Gasteiger partial charge in [0.05, 0.1) is 0 Å². The van der Waals surface area contributed by atoms with Crippen molar-refractivity contribution in [3.63, 3.8) is 0 Å². The third-order valence-corrected chi connectivity index (χ3v) is 4.74. The summed E-state index contributed by atoms with van der Waals surface area (Å²) in [6.07, 6.45) is 4.58. The van der Waals surface area contributed by atoms with E-state index in [9.17, 15) is 9.90 Å². The molecule has 1 fully saturated rings. The Balaban J connectivity index is 1.71. The smallest absolute Gasteiger partial charge is 0.331 e. The van der Waals surface area contributed by atoms with Gasteiger partial charge in [-0.25, -0.2) is 4.79 Å². The van der Waals surface area contributed by atoms with Crippen molar-refractivity contribution in [2.75, 3.05) is 13.1 Å². The van der Waals surface area contributed by atoms with Gasteiger partial charge in [0, 0.05) is 32.0 Å². The van der Waals surface area contributed by atoms with Crippen LogP contribution in [0.25, 0.3) is 0 Å². The molecule has 3 rings (SSSR count). The summed E-state index contributed by atoms with van der Waals surface area (Å²) in [7, 11) is 0. The first-order chi connectivity index (χ1) is 9.71. The Labute approximate surface area is 121 Å². The number of hydrogen-bond donors (Lipinski definition) is 1. The van der Waals surface area contributed by atoms with Crippen LogP contribution in [0.4, 0.5) is 0 Å². The Morgan fingerprint density at radius 3 is 2.80 bits per heavy atom. The van der Waals surface area contributed by atoms with Gasteiger partial charge < -0.3 is 5.11 Å². The predicted octanol–water partition coefficient (Wildman–Crippen LogP) is 2.02. The average molecular weight is 291 g/mol. The Morgan fingerprint density at radius 1 is 1.45 bits per heavy atom. The maximum Gasteiger partial charge on any atom is 0.331 e. The summed E-state index contributed by atoms with van der Waals surface area (Å²) < 4.78 is 1.61. The minimum Gasteiger partial charge on any atom is -0.479 e. The summed E-state index contributed by atoms with van der Waals surface area (Å²) in [5.41, 5.74) is 0.422. The highest BCUT2D eigenvalue weighted by Gasteiger charge is 2.43. The molecule has 0 amide bonds. The number of likely N-dealkylation sites (tertiary alicyclic amines) is 1. The first-order valence-electron chi connectivity index (χ1n) is 6.68. The van der Waals surface area contributed by atoms with E-state index >= 15 is 0 Å². The molecular formula is C14H17N3O2S. The number of hydrogen-bond acceptors (Lipinski definition) is 4. The minimum atomic E-state index is -0.880. The summed E-state index contributed by atoms with van der Waals surface area (Å²) in [6.45, 7) is 2.46. The van der Waals surface area contributed by atoms with Crippen molar-refractivity contribution in [2.24, 2.45) is 0 Å². The first kappa shape index (κ1) is 13.3. The van der Waals surface area contributed by atoms with Crippen LogP contribution in [0.1, 0.15) is 18.4 Å². The fourth-order valence-electron chi connectivity index (χ4n) is 2.78. The molecule has 0 unspecified atom stereocenters. The zero-order chi connectivity index (χ0) is 14.0. The van der Waals surface area contributed by atoms with Crippen LogP contribution in [-0.2, 0) is 16.9 Å². The van der Waals surface area contributed by atoms with Crippen LogP contribution < -0.4 is 0 Å². The number of carboxylic acids is 1. The van der Waals surface area contributed by atoms with E-state index in [-0.39, 0.29) is 0 Å². The van der Waals surface area contributed by atoms with Crippen LogP contribution in [0.5, 0.6) is 0 Å². The van der Waals surface area contributed by atoms with E-state index < -0.39 is 11.5 Å². The van der Waals surface area contributed by atoms with Crippen molar-refractivity contribution in [1.82, 2.24) is 14.7 Å². The number of thiophene rings is 1. The maximum absolute atomic E-state index is 11.7. The van der Waals surface area contributed by atoms with Gasteiger partial charge in [-0.2, -0.15) is 16.4 Å². The van der Waals surface area contributed by atoms with Crippen molar-refractivity contribution in [1.29, 1.82) is 0 Å². The molecule has 2 aromatic heterocycles. The topological polar surface area (TPSA) is 58.4 Å². The lowest BCUT2D eigenvalue weighted by Crippen LogP contribution is -2.51. The molecule has 1 aliphatic rings. The summed E-state index contributed by atoms with van der Waals surface area (Å²) >= 11 is 1.70. The minimum absolute atomic E-state index is 0.591. The van der Waals surface area contributed by atoms with Gasteiger partial charge in [-0.1, -0.05) is 0 Å². The molecule has 2 aromatic rings. The van der Waals surface area contributed by atoms with E-state index in [2.05, 4.69) is 26.8 Å². The molecule has 5 nitrogen and oxygen atoms in total. The summed E-state index contributed by atoms with van der Waals surface area (Å²) in [5.74, 6) is -0.781. The van der Waals surface area contributed by atoms with Gasteiger partial charge in [0.2, 0.25) is 0 Å². The molecular weight excluding hydrogens is 274 g/mol. The number of carbonyl (C=O) groups is 1. The number of nitrogens with zero attached hydrogens (tertiary/aromatic N) is 3. The largest absolute Gasteiger partial charge is 0.479 e. The molecule has 106 valence electrons. The average Bonchev–Trinajstić information content (AvgIpc) is 3.12. The zero-order valence-electron chi connectivity index (χ0n) is 11.1. The van der Waals surface area contributed by atoms with Crippen molar-refractivity contribution >= 4 is 17.3 Å². The molecule has 0 radical (unpaired) electrons. The van der Waals surface area contributed by atoms with Crippen LogP contribution in [-0.4, -0.2) is 38.8 Å². The molecule has 1 aliphatic heterocycles. The SMILES string of the molecule is O=C(O)C1(n2cccn2)CCN(Cc2ccsc2)CC1. The van der Waals surface area contributed by atoms with Crippen LogP contribution >= 0.6 is 11.3 Å². The lowest BCUT2D eigenvalue weighted by Gasteiger charge is -2.38. The molecule has 0 aromatic carbocycles. The molecule has 20 heavy (non-hydrogen) atoms. The molecule has 0 atom stereocenters. The Kier molecular flexibility index (Phi) is 3.58. The third-order valence-electron chi connectivity index (χ3n) is 4.01. The van der Waals surface area contributed by atoms with Gasteiger partial charge in [0.1, 0.15) is 0 Å². The molecule has 0 saturated carbocycles. The van der Waals surface area contributed by atoms with Gasteiger partial charge in [-0.3, -0.25) is 9.58 Å². The Hall–Kier alpha value is -1.66. The normalized spacial score (nSPS) is 19.0. The number of aromatic nitrogens is 2. The molecule has 6 heteroatoms. The van der Waals surface area contributed by atoms with Crippen LogP contribution in [0.2, 0.25) is 0 Å². The van der Waals surface area contributed by atoms with Crippen LogP contribution in [0, 0.1) is 0 Å².